The van der Waals surface area contributed by atoms with Crippen molar-refractivity contribution in [3.05, 3.63) is 10.4 Å². The van der Waals surface area contributed by atoms with Gasteiger partial charge in [-0.2, -0.15) is 0 Å². The van der Waals surface area contributed by atoms with E-state index in [0.29, 0.717) is 6.54 Å². The van der Waals surface area contributed by atoms with Crippen molar-refractivity contribution in [1.29, 1.82) is 0 Å². The molecule has 46 valence electrons. The molecule has 0 aliphatic heterocycles. The Labute approximate surface area is 48.5 Å². The van der Waals surface area contributed by atoms with E-state index in [1.54, 1.807) is 0 Å². The summed E-state index contributed by atoms with van der Waals surface area (Å²) in [6.45, 7) is 2.47. The Hall–Kier alpha value is -0.730. The Kier molecular flexibility index (Phi) is 4.03. The van der Waals surface area contributed by atoms with Gasteiger partial charge in [0.15, 0.2) is 0 Å². The molecule has 0 saturated heterocycles. The maximum atomic E-state index is 7.84. The standard InChI is InChI=1S/C4H10N4/c1-4(6-2)3-7-8-5/h4,6H,3H2,1-2H3/t4-/m1/s1. The zero-order valence-corrected chi connectivity index (χ0v) is 5.13. The molecule has 0 saturated carbocycles. The van der Waals surface area contributed by atoms with Gasteiger partial charge in [-0.15, -0.1) is 0 Å². The lowest BCUT2D eigenvalue weighted by atomic mass is 10.4. The van der Waals surface area contributed by atoms with Gasteiger partial charge >= 0.3 is 0 Å². The van der Waals surface area contributed by atoms with Crippen LogP contribution in [0.5, 0.6) is 0 Å². The molecule has 0 fully saturated rings. The molecular formula is C4H10N4. The molecule has 0 aromatic heterocycles. The third-order valence-electron chi connectivity index (χ3n) is 0.912. The van der Waals surface area contributed by atoms with Crippen LogP contribution in [0.3, 0.4) is 0 Å². The normalized spacial score (nSPS) is 12.2. The number of nitrogens with one attached hydrogen (secondary N) is 1. The summed E-state index contributed by atoms with van der Waals surface area (Å²) in [5.74, 6) is 0. The molecule has 4 heteroatoms. The highest BCUT2D eigenvalue weighted by atomic mass is 15.1. The number of nitrogens with zero attached hydrogens (tertiary/aromatic N) is 3. The van der Waals surface area contributed by atoms with Crippen molar-refractivity contribution in [1.82, 2.24) is 5.32 Å². The number of hydrogen-bond donors (Lipinski definition) is 1. The largest absolute Gasteiger partial charge is 0.317 e. The Bertz CT molecular complexity index is 94.2. The van der Waals surface area contributed by atoms with Crippen LogP contribution >= 0.6 is 0 Å². The van der Waals surface area contributed by atoms with Crippen LogP contribution < -0.4 is 5.32 Å². The first kappa shape index (κ1) is 7.27. The van der Waals surface area contributed by atoms with Crippen molar-refractivity contribution in [3.63, 3.8) is 0 Å². The molecule has 1 atom stereocenters. The van der Waals surface area contributed by atoms with E-state index in [-0.39, 0.29) is 6.04 Å². The maximum absolute atomic E-state index is 7.84. The lowest BCUT2D eigenvalue weighted by molar-refractivity contribution is 0.620. The average Bonchev–Trinajstić information content (AvgIpc) is 1.83. The van der Waals surface area contributed by atoms with Gasteiger partial charge in [-0.05, 0) is 19.5 Å². The molecule has 0 amide bonds. The van der Waals surface area contributed by atoms with Crippen LogP contribution in [0, 0.1) is 0 Å². The summed E-state index contributed by atoms with van der Waals surface area (Å²) in [6, 6.07) is 0.283. The van der Waals surface area contributed by atoms with E-state index in [1.165, 1.54) is 0 Å². The molecule has 0 rings (SSSR count). The molecule has 8 heavy (non-hydrogen) atoms. The van der Waals surface area contributed by atoms with Gasteiger partial charge in [0.1, 0.15) is 0 Å². The second-order valence-electron chi connectivity index (χ2n) is 1.60. The maximum Gasteiger partial charge on any atom is 0.0409 e. The van der Waals surface area contributed by atoms with Crippen molar-refractivity contribution in [3.8, 4) is 0 Å². The van der Waals surface area contributed by atoms with Crippen molar-refractivity contribution in [2.75, 3.05) is 13.6 Å². The van der Waals surface area contributed by atoms with E-state index in [4.69, 9.17) is 5.53 Å². The van der Waals surface area contributed by atoms with Crippen LogP contribution in [-0.2, 0) is 0 Å². The zero-order chi connectivity index (χ0) is 6.41. The van der Waals surface area contributed by atoms with Gasteiger partial charge in [0.25, 0.3) is 0 Å². The Morgan fingerprint density at radius 2 is 2.50 bits per heavy atom. The summed E-state index contributed by atoms with van der Waals surface area (Å²) in [5.41, 5.74) is 7.84. The lowest BCUT2D eigenvalue weighted by Crippen LogP contribution is -2.23. The number of rotatable bonds is 3. The van der Waals surface area contributed by atoms with E-state index in [1.807, 2.05) is 14.0 Å². The Morgan fingerprint density at radius 3 is 2.88 bits per heavy atom. The third kappa shape index (κ3) is 3.46. The fourth-order valence-electron chi connectivity index (χ4n) is 0.250. The van der Waals surface area contributed by atoms with Gasteiger partial charge in [-0.3, -0.25) is 0 Å². The average molecular weight is 114 g/mol. The highest BCUT2D eigenvalue weighted by molar-refractivity contribution is 4.59. The Morgan fingerprint density at radius 1 is 1.88 bits per heavy atom. The second kappa shape index (κ2) is 4.43. The molecule has 0 aromatic carbocycles. The minimum absolute atomic E-state index is 0.283. The summed E-state index contributed by atoms with van der Waals surface area (Å²) in [5, 5.41) is 6.30. The number of azide groups is 1. The molecule has 1 N–H and O–H groups in total. The van der Waals surface area contributed by atoms with E-state index in [0.717, 1.165) is 0 Å². The highest BCUT2D eigenvalue weighted by Gasteiger charge is 1.90. The SMILES string of the molecule is CN[C@H](C)CN=[N+]=[N-]. The molecule has 0 heterocycles. The highest BCUT2D eigenvalue weighted by Crippen LogP contribution is 1.79. The monoisotopic (exact) mass is 114 g/mol. The molecular weight excluding hydrogens is 104 g/mol. The summed E-state index contributed by atoms with van der Waals surface area (Å²) in [7, 11) is 1.83. The fraction of sp³-hybridized carbons (Fsp3) is 1.00. The molecule has 0 spiro atoms. The predicted molar refractivity (Wildman–Crippen MR) is 32.5 cm³/mol. The van der Waals surface area contributed by atoms with Crippen LogP contribution in [0.15, 0.2) is 5.11 Å². The molecule has 0 aliphatic carbocycles. The van der Waals surface area contributed by atoms with Gasteiger partial charge in [0.2, 0.25) is 0 Å². The zero-order valence-electron chi connectivity index (χ0n) is 5.13. The van der Waals surface area contributed by atoms with Crippen molar-refractivity contribution in [2.24, 2.45) is 5.11 Å². The van der Waals surface area contributed by atoms with Crippen molar-refractivity contribution >= 4 is 0 Å². The molecule has 0 unspecified atom stereocenters. The summed E-state index contributed by atoms with van der Waals surface area (Å²) < 4.78 is 0. The predicted octanol–water partition coefficient (Wildman–Crippen LogP) is 0.905. The lowest BCUT2D eigenvalue weighted by Gasteiger charge is -2.02. The van der Waals surface area contributed by atoms with E-state index < -0.39 is 0 Å². The summed E-state index contributed by atoms with van der Waals surface area (Å²) in [6.07, 6.45) is 0. The minimum Gasteiger partial charge on any atom is -0.317 e. The van der Waals surface area contributed by atoms with E-state index in [2.05, 4.69) is 15.3 Å². The van der Waals surface area contributed by atoms with Gasteiger partial charge in [0, 0.05) is 17.5 Å². The summed E-state index contributed by atoms with van der Waals surface area (Å²) >= 11 is 0. The third-order valence-corrected chi connectivity index (χ3v) is 0.912. The molecule has 4 nitrogen and oxygen atoms in total. The first-order valence-corrected chi connectivity index (χ1v) is 2.49. The Balaban J connectivity index is 3.23. The van der Waals surface area contributed by atoms with Crippen LogP contribution in [0.2, 0.25) is 0 Å². The number of hydrogen-bond acceptors (Lipinski definition) is 2. The smallest absolute Gasteiger partial charge is 0.0409 e. The second-order valence-corrected chi connectivity index (χ2v) is 1.60. The molecule has 0 aliphatic rings. The number of likely N-dealkylation sites (N-methyl/N-ethyl adjacent to an activating group) is 1. The van der Waals surface area contributed by atoms with Gasteiger partial charge in [0.05, 0.1) is 0 Å². The minimum atomic E-state index is 0.283. The van der Waals surface area contributed by atoms with Crippen LogP contribution in [0.25, 0.3) is 10.4 Å². The first-order valence-electron chi connectivity index (χ1n) is 2.49. The fourth-order valence-corrected chi connectivity index (χ4v) is 0.250. The van der Waals surface area contributed by atoms with Crippen molar-refractivity contribution < 1.29 is 0 Å². The molecule has 0 aromatic rings. The van der Waals surface area contributed by atoms with Crippen molar-refractivity contribution in [2.45, 2.75) is 13.0 Å². The van der Waals surface area contributed by atoms with Crippen LogP contribution in [-0.4, -0.2) is 19.6 Å². The van der Waals surface area contributed by atoms with Gasteiger partial charge in [-0.1, -0.05) is 5.11 Å². The quantitative estimate of drug-likeness (QED) is 0.331. The molecule has 0 bridgehead atoms. The van der Waals surface area contributed by atoms with Gasteiger partial charge < -0.3 is 5.32 Å². The van der Waals surface area contributed by atoms with Crippen LogP contribution in [0.1, 0.15) is 6.92 Å². The topological polar surface area (TPSA) is 60.8 Å². The first-order chi connectivity index (χ1) is 3.81. The van der Waals surface area contributed by atoms with E-state index >= 15 is 0 Å². The van der Waals surface area contributed by atoms with Crippen LogP contribution in [0.4, 0.5) is 0 Å². The van der Waals surface area contributed by atoms with E-state index in [9.17, 15) is 0 Å². The summed E-state index contributed by atoms with van der Waals surface area (Å²) in [4.78, 5) is 2.61. The van der Waals surface area contributed by atoms with Gasteiger partial charge in [-0.25, -0.2) is 0 Å². The molecule has 0 radical (unpaired) electrons.